The first-order chi connectivity index (χ1) is 11.9. The summed E-state index contributed by atoms with van der Waals surface area (Å²) in [5.41, 5.74) is 3.85. The first-order valence-corrected chi connectivity index (χ1v) is 7.85. The molecule has 3 aromatic rings. The second kappa shape index (κ2) is 8.48. The standard InChI is InChI=1S/C20H18N4/c1-3-13-21-17(5-1)11-15-23-19-7-9-20(10-8-19)24-16-12-18-6-2-4-14-22-18/h1-10,13-16H,11-12H2. The summed E-state index contributed by atoms with van der Waals surface area (Å²) in [6, 6.07) is 19.6. The fourth-order valence-corrected chi connectivity index (χ4v) is 2.15. The molecule has 4 heteroatoms. The van der Waals surface area contributed by atoms with Crippen LogP contribution in [0.3, 0.4) is 0 Å². The van der Waals surface area contributed by atoms with Gasteiger partial charge in [0.05, 0.1) is 11.4 Å². The Morgan fingerprint density at radius 1 is 0.625 bits per heavy atom. The number of hydrogen-bond acceptors (Lipinski definition) is 4. The third kappa shape index (κ3) is 4.95. The van der Waals surface area contributed by atoms with Crippen molar-refractivity contribution in [3.8, 4) is 0 Å². The van der Waals surface area contributed by atoms with Gasteiger partial charge in [-0.3, -0.25) is 20.0 Å². The van der Waals surface area contributed by atoms with E-state index in [0.717, 1.165) is 35.6 Å². The molecule has 2 heterocycles. The lowest BCUT2D eigenvalue weighted by Crippen LogP contribution is -1.89. The van der Waals surface area contributed by atoms with E-state index in [0.29, 0.717) is 0 Å². The molecule has 0 N–H and O–H groups in total. The molecule has 0 aliphatic heterocycles. The summed E-state index contributed by atoms with van der Waals surface area (Å²) in [6.45, 7) is 0. The smallest absolute Gasteiger partial charge is 0.0627 e. The average molecular weight is 314 g/mol. The molecule has 0 aliphatic rings. The maximum atomic E-state index is 4.44. The Morgan fingerprint density at radius 3 is 1.46 bits per heavy atom. The molecule has 0 amide bonds. The lowest BCUT2D eigenvalue weighted by molar-refractivity contribution is 1.15. The zero-order chi connectivity index (χ0) is 16.5. The van der Waals surface area contributed by atoms with E-state index in [1.54, 1.807) is 12.4 Å². The van der Waals surface area contributed by atoms with E-state index in [1.165, 1.54) is 0 Å². The molecular weight excluding hydrogens is 296 g/mol. The second-order valence-electron chi connectivity index (χ2n) is 5.19. The van der Waals surface area contributed by atoms with Crippen LogP contribution in [0.15, 0.2) is 83.0 Å². The molecule has 0 fully saturated rings. The minimum absolute atomic E-state index is 0.727. The maximum absolute atomic E-state index is 4.44. The van der Waals surface area contributed by atoms with Crippen LogP contribution < -0.4 is 0 Å². The molecule has 4 nitrogen and oxygen atoms in total. The Bertz CT molecular complexity index is 724. The van der Waals surface area contributed by atoms with Gasteiger partial charge in [0.25, 0.3) is 0 Å². The fourth-order valence-electron chi connectivity index (χ4n) is 2.15. The van der Waals surface area contributed by atoms with Crippen LogP contribution in [0.4, 0.5) is 11.4 Å². The molecular formula is C20H18N4. The lowest BCUT2D eigenvalue weighted by Gasteiger charge is -1.97. The second-order valence-corrected chi connectivity index (χ2v) is 5.19. The van der Waals surface area contributed by atoms with Crippen molar-refractivity contribution in [2.24, 2.45) is 9.98 Å². The Balaban J connectivity index is 1.53. The maximum Gasteiger partial charge on any atom is 0.0627 e. The Hall–Kier alpha value is -3.14. The number of hydrogen-bond donors (Lipinski definition) is 0. The molecule has 0 unspecified atom stereocenters. The predicted octanol–water partition coefficient (Wildman–Crippen LogP) is 4.37. The van der Waals surface area contributed by atoms with Crippen LogP contribution >= 0.6 is 0 Å². The summed E-state index contributed by atoms with van der Waals surface area (Å²) < 4.78 is 0. The lowest BCUT2D eigenvalue weighted by atomic mass is 10.2. The Kier molecular flexibility index (Phi) is 5.56. The monoisotopic (exact) mass is 314 g/mol. The van der Waals surface area contributed by atoms with Crippen molar-refractivity contribution in [2.75, 3.05) is 0 Å². The van der Waals surface area contributed by atoms with Crippen molar-refractivity contribution in [1.29, 1.82) is 0 Å². The minimum Gasteiger partial charge on any atom is -0.261 e. The van der Waals surface area contributed by atoms with Crippen LogP contribution in [0, 0.1) is 0 Å². The van der Waals surface area contributed by atoms with Gasteiger partial charge in [-0.25, -0.2) is 0 Å². The average Bonchev–Trinajstić information content (AvgIpc) is 2.65. The molecule has 0 bridgehead atoms. The van der Waals surface area contributed by atoms with Crippen LogP contribution in [0.25, 0.3) is 0 Å². The topological polar surface area (TPSA) is 50.5 Å². The number of aliphatic imine (C=N–C) groups is 2. The summed E-state index contributed by atoms with van der Waals surface area (Å²) in [7, 11) is 0. The van der Waals surface area contributed by atoms with Gasteiger partial charge in [0.15, 0.2) is 0 Å². The molecule has 24 heavy (non-hydrogen) atoms. The van der Waals surface area contributed by atoms with Gasteiger partial charge in [0.2, 0.25) is 0 Å². The van der Waals surface area contributed by atoms with E-state index >= 15 is 0 Å². The van der Waals surface area contributed by atoms with Crippen molar-refractivity contribution in [3.63, 3.8) is 0 Å². The van der Waals surface area contributed by atoms with E-state index in [1.807, 2.05) is 73.1 Å². The number of rotatable bonds is 6. The highest BCUT2D eigenvalue weighted by Crippen LogP contribution is 2.18. The van der Waals surface area contributed by atoms with Gasteiger partial charge < -0.3 is 0 Å². The van der Waals surface area contributed by atoms with Crippen molar-refractivity contribution in [2.45, 2.75) is 12.8 Å². The molecule has 3 rings (SSSR count). The van der Waals surface area contributed by atoms with Gasteiger partial charge in [-0.1, -0.05) is 12.1 Å². The molecule has 0 saturated carbocycles. The first kappa shape index (κ1) is 15.7. The molecule has 0 saturated heterocycles. The van der Waals surface area contributed by atoms with E-state index in [9.17, 15) is 0 Å². The summed E-state index contributed by atoms with van der Waals surface area (Å²) in [6.07, 6.45) is 8.79. The van der Waals surface area contributed by atoms with Gasteiger partial charge in [-0.2, -0.15) is 0 Å². The number of aromatic nitrogens is 2. The highest BCUT2D eigenvalue weighted by Gasteiger charge is 1.93. The molecule has 1 aromatic carbocycles. The summed E-state index contributed by atoms with van der Waals surface area (Å²) in [5.74, 6) is 0. The van der Waals surface area contributed by atoms with E-state index in [4.69, 9.17) is 0 Å². The van der Waals surface area contributed by atoms with Crippen LogP contribution in [0.1, 0.15) is 11.4 Å². The molecule has 2 aromatic heterocycles. The van der Waals surface area contributed by atoms with Crippen molar-refractivity contribution in [1.82, 2.24) is 9.97 Å². The van der Waals surface area contributed by atoms with Gasteiger partial charge in [-0.05, 0) is 48.5 Å². The summed E-state index contributed by atoms with van der Waals surface area (Å²) >= 11 is 0. The van der Waals surface area contributed by atoms with Gasteiger partial charge >= 0.3 is 0 Å². The molecule has 0 atom stereocenters. The molecule has 0 aliphatic carbocycles. The quantitative estimate of drug-likeness (QED) is 0.634. The van der Waals surface area contributed by atoms with Crippen LogP contribution in [0.2, 0.25) is 0 Å². The van der Waals surface area contributed by atoms with E-state index in [-0.39, 0.29) is 0 Å². The molecule has 0 radical (unpaired) electrons. The fraction of sp³-hybridized carbons (Fsp3) is 0.100. The van der Waals surface area contributed by atoms with E-state index < -0.39 is 0 Å². The van der Waals surface area contributed by atoms with Crippen molar-refractivity contribution < 1.29 is 0 Å². The zero-order valence-electron chi connectivity index (χ0n) is 13.3. The van der Waals surface area contributed by atoms with Crippen LogP contribution in [-0.4, -0.2) is 22.4 Å². The van der Waals surface area contributed by atoms with Crippen LogP contribution in [-0.2, 0) is 12.8 Å². The highest BCUT2D eigenvalue weighted by molar-refractivity contribution is 5.68. The predicted molar refractivity (Wildman–Crippen MR) is 98.6 cm³/mol. The normalized spacial score (nSPS) is 11.3. The SMILES string of the molecule is C(Cc1ccccn1)=Nc1ccc(N=CCc2ccccn2)cc1. The van der Waals surface area contributed by atoms with Crippen molar-refractivity contribution in [3.05, 3.63) is 84.4 Å². The summed E-state index contributed by atoms with van der Waals surface area (Å²) in [4.78, 5) is 17.4. The van der Waals surface area contributed by atoms with Gasteiger partial charge in [0.1, 0.15) is 0 Å². The molecule has 118 valence electrons. The minimum atomic E-state index is 0.727. The highest BCUT2D eigenvalue weighted by atomic mass is 14.7. The zero-order valence-corrected chi connectivity index (χ0v) is 13.3. The van der Waals surface area contributed by atoms with Gasteiger partial charge in [0, 0.05) is 49.1 Å². The van der Waals surface area contributed by atoms with Crippen molar-refractivity contribution >= 4 is 23.8 Å². The summed E-state index contributed by atoms with van der Waals surface area (Å²) in [5, 5.41) is 0. The Morgan fingerprint density at radius 2 is 1.08 bits per heavy atom. The number of nitrogens with zero attached hydrogens (tertiary/aromatic N) is 4. The third-order valence-electron chi connectivity index (χ3n) is 3.38. The Labute approximate surface area is 141 Å². The van der Waals surface area contributed by atoms with Gasteiger partial charge in [-0.15, -0.1) is 0 Å². The molecule has 0 spiro atoms. The largest absolute Gasteiger partial charge is 0.261 e. The third-order valence-corrected chi connectivity index (χ3v) is 3.38. The number of pyridine rings is 2. The first-order valence-electron chi connectivity index (χ1n) is 7.85. The van der Waals surface area contributed by atoms with E-state index in [2.05, 4.69) is 20.0 Å². The number of benzene rings is 1. The van der Waals surface area contributed by atoms with Crippen LogP contribution in [0.5, 0.6) is 0 Å².